The lowest BCUT2D eigenvalue weighted by Crippen LogP contribution is -2.45. The summed E-state index contributed by atoms with van der Waals surface area (Å²) in [5.41, 5.74) is 2.91. The maximum Gasteiger partial charge on any atom is 0.161 e. The Morgan fingerprint density at radius 2 is 1.97 bits per heavy atom. The van der Waals surface area contributed by atoms with Crippen LogP contribution < -0.4 is 9.57 Å². The number of phenolic OH excluding ortho intramolecular Hbond substituents is 1. The topological polar surface area (TPSA) is 84.2 Å². The number of nitrogens with zero attached hydrogens (tertiary/aromatic N) is 2. The summed E-state index contributed by atoms with van der Waals surface area (Å²) in [5, 5.41) is 25.6. The standard InChI is InChI=1S/C24H28N2O4/c1-24-8-5-15-16-13-22(29-2)21(27)12-18(16)20(26-30-14-6-9-25-10-7-14)11-17(15)19(24)3-4-23(24)28/h6-7,9-10,12-13,15,17,19,23,27-28H,3-5,8,11H2,1-2H3/t15-,17-,19+,23+,24+/m1/s1. The van der Waals surface area contributed by atoms with Gasteiger partial charge >= 0.3 is 0 Å². The van der Waals surface area contributed by atoms with Crippen molar-refractivity contribution < 1.29 is 19.8 Å². The highest BCUT2D eigenvalue weighted by Crippen LogP contribution is 2.61. The summed E-state index contributed by atoms with van der Waals surface area (Å²) in [5.74, 6) is 2.45. The number of pyridine rings is 1. The molecule has 1 aromatic carbocycles. The molecule has 30 heavy (non-hydrogen) atoms. The zero-order valence-corrected chi connectivity index (χ0v) is 17.4. The SMILES string of the molecule is COc1cc2c(cc1O)C(=NOc1ccncc1)C[C@@H]1[C@@H]2CC[C@]2(C)[C@@H](O)CC[C@@H]12. The van der Waals surface area contributed by atoms with Gasteiger partial charge in [-0.3, -0.25) is 4.98 Å². The smallest absolute Gasteiger partial charge is 0.161 e. The molecule has 5 rings (SSSR count). The third-order valence-electron chi connectivity index (χ3n) is 7.79. The van der Waals surface area contributed by atoms with Crippen LogP contribution >= 0.6 is 0 Å². The second kappa shape index (κ2) is 7.27. The number of oxime groups is 1. The van der Waals surface area contributed by atoms with E-state index in [4.69, 9.17) is 9.57 Å². The number of rotatable bonds is 3. The van der Waals surface area contributed by atoms with E-state index in [0.717, 1.165) is 43.4 Å². The molecule has 0 amide bonds. The van der Waals surface area contributed by atoms with Gasteiger partial charge in [-0.1, -0.05) is 12.1 Å². The summed E-state index contributed by atoms with van der Waals surface area (Å²) in [7, 11) is 1.58. The van der Waals surface area contributed by atoms with Crippen molar-refractivity contribution in [1.29, 1.82) is 0 Å². The third-order valence-corrected chi connectivity index (χ3v) is 7.79. The van der Waals surface area contributed by atoms with Crippen LogP contribution in [0.15, 0.2) is 41.8 Å². The van der Waals surface area contributed by atoms with Gasteiger partial charge in [0.1, 0.15) is 0 Å². The molecule has 6 heteroatoms. The molecule has 0 unspecified atom stereocenters. The Hall–Kier alpha value is -2.60. The molecule has 0 saturated heterocycles. The molecule has 5 atom stereocenters. The number of aliphatic hydroxyl groups excluding tert-OH is 1. The van der Waals surface area contributed by atoms with E-state index in [1.165, 1.54) is 5.56 Å². The average Bonchev–Trinajstić information content (AvgIpc) is 3.07. The first-order chi connectivity index (χ1) is 14.5. The Morgan fingerprint density at radius 1 is 1.17 bits per heavy atom. The molecule has 3 aliphatic rings. The van der Waals surface area contributed by atoms with E-state index in [2.05, 4.69) is 17.1 Å². The van der Waals surface area contributed by atoms with Crippen LogP contribution in [-0.4, -0.2) is 34.1 Å². The Kier molecular flexibility index (Phi) is 4.69. The van der Waals surface area contributed by atoms with Gasteiger partial charge in [-0.05, 0) is 73.0 Å². The second-order valence-corrected chi connectivity index (χ2v) is 9.14. The minimum atomic E-state index is -0.229. The molecule has 2 N–H and O–H groups in total. The van der Waals surface area contributed by atoms with Crippen molar-refractivity contribution in [1.82, 2.24) is 4.98 Å². The highest BCUT2D eigenvalue weighted by Gasteiger charge is 2.55. The van der Waals surface area contributed by atoms with Gasteiger partial charge in [-0.2, -0.15) is 0 Å². The van der Waals surface area contributed by atoms with Crippen LogP contribution in [0.4, 0.5) is 0 Å². The molecule has 2 saturated carbocycles. The van der Waals surface area contributed by atoms with Crippen LogP contribution in [0.2, 0.25) is 0 Å². The van der Waals surface area contributed by atoms with Crippen LogP contribution in [0.3, 0.4) is 0 Å². The van der Waals surface area contributed by atoms with Gasteiger partial charge in [0.05, 0.1) is 18.9 Å². The minimum Gasteiger partial charge on any atom is -0.504 e. The number of ether oxygens (including phenoxy) is 1. The fourth-order valence-corrected chi connectivity index (χ4v) is 6.16. The van der Waals surface area contributed by atoms with Gasteiger partial charge in [-0.15, -0.1) is 0 Å². The first-order valence-corrected chi connectivity index (χ1v) is 10.7. The number of methoxy groups -OCH3 is 1. The van der Waals surface area contributed by atoms with E-state index >= 15 is 0 Å². The number of fused-ring (bicyclic) bond motifs is 5. The normalized spacial score (nSPS) is 33.5. The van der Waals surface area contributed by atoms with E-state index in [-0.39, 0.29) is 17.3 Å². The number of aliphatic hydroxyl groups is 1. The molecule has 3 aliphatic carbocycles. The van der Waals surface area contributed by atoms with E-state index < -0.39 is 0 Å². The highest BCUT2D eigenvalue weighted by molar-refractivity contribution is 6.03. The van der Waals surface area contributed by atoms with Crippen LogP contribution in [0.1, 0.15) is 56.1 Å². The van der Waals surface area contributed by atoms with Crippen molar-refractivity contribution in [3.05, 3.63) is 47.8 Å². The Labute approximate surface area is 176 Å². The summed E-state index contributed by atoms with van der Waals surface area (Å²) >= 11 is 0. The Morgan fingerprint density at radius 3 is 2.73 bits per heavy atom. The molecule has 2 fully saturated rings. The number of aromatic nitrogens is 1. The van der Waals surface area contributed by atoms with Gasteiger partial charge in [-0.25, -0.2) is 0 Å². The van der Waals surface area contributed by atoms with Gasteiger partial charge in [0.25, 0.3) is 0 Å². The maximum atomic E-state index is 10.7. The van der Waals surface area contributed by atoms with E-state index in [1.807, 2.05) is 6.07 Å². The zero-order chi connectivity index (χ0) is 20.9. The fraction of sp³-hybridized carbons (Fsp3) is 0.500. The van der Waals surface area contributed by atoms with Crippen molar-refractivity contribution in [2.24, 2.45) is 22.4 Å². The number of aromatic hydroxyl groups is 1. The monoisotopic (exact) mass is 408 g/mol. The lowest BCUT2D eigenvalue weighted by atomic mass is 9.55. The quantitative estimate of drug-likeness (QED) is 0.742. The maximum absolute atomic E-state index is 10.7. The first-order valence-electron chi connectivity index (χ1n) is 10.7. The largest absolute Gasteiger partial charge is 0.504 e. The van der Waals surface area contributed by atoms with Gasteiger partial charge < -0.3 is 19.8 Å². The van der Waals surface area contributed by atoms with Crippen molar-refractivity contribution in [3.8, 4) is 17.2 Å². The molecule has 1 aromatic heterocycles. The number of hydrogen-bond acceptors (Lipinski definition) is 6. The third kappa shape index (κ3) is 2.97. The second-order valence-electron chi connectivity index (χ2n) is 9.14. The van der Waals surface area contributed by atoms with E-state index in [0.29, 0.717) is 29.3 Å². The summed E-state index contributed by atoms with van der Waals surface area (Å²) in [6.45, 7) is 2.25. The molecule has 1 heterocycles. The highest BCUT2D eigenvalue weighted by atomic mass is 16.6. The van der Waals surface area contributed by atoms with Gasteiger partial charge in [0.15, 0.2) is 17.2 Å². The van der Waals surface area contributed by atoms with Crippen molar-refractivity contribution in [3.63, 3.8) is 0 Å². The Balaban J connectivity index is 1.58. The molecule has 0 aliphatic heterocycles. The molecular weight excluding hydrogens is 380 g/mol. The molecule has 158 valence electrons. The van der Waals surface area contributed by atoms with Crippen LogP contribution in [0.25, 0.3) is 0 Å². The van der Waals surface area contributed by atoms with Crippen molar-refractivity contribution >= 4 is 5.71 Å². The molecular formula is C24H28N2O4. The van der Waals surface area contributed by atoms with Crippen LogP contribution in [-0.2, 0) is 0 Å². The lowest BCUT2D eigenvalue weighted by molar-refractivity contribution is -0.0178. The molecule has 0 radical (unpaired) electrons. The summed E-state index contributed by atoms with van der Waals surface area (Å²) < 4.78 is 5.41. The summed E-state index contributed by atoms with van der Waals surface area (Å²) in [4.78, 5) is 9.73. The fourth-order valence-electron chi connectivity index (χ4n) is 6.16. The minimum absolute atomic E-state index is 0.0310. The average molecular weight is 408 g/mol. The zero-order valence-electron chi connectivity index (χ0n) is 17.4. The predicted molar refractivity (Wildman–Crippen MR) is 113 cm³/mol. The van der Waals surface area contributed by atoms with E-state index in [1.54, 1.807) is 37.7 Å². The Bertz CT molecular complexity index is 977. The lowest BCUT2D eigenvalue weighted by Gasteiger charge is -2.50. The van der Waals surface area contributed by atoms with E-state index in [9.17, 15) is 10.2 Å². The number of phenols is 1. The van der Waals surface area contributed by atoms with Gasteiger partial charge in [0, 0.05) is 30.1 Å². The van der Waals surface area contributed by atoms with Crippen LogP contribution in [0, 0.1) is 17.3 Å². The molecule has 2 aromatic rings. The summed E-state index contributed by atoms with van der Waals surface area (Å²) in [6, 6.07) is 7.27. The summed E-state index contributed by atoms with van der Waals surface area (Å²) in [6.07, 6.45) is 7.84. The van der Waals surface area contributed by atoms with Crippen molar-refractivity contribution in [2.45, 2.75) is 51.0 Å². The number of hydrogen-bond donors (Lipinski definition) is 2. The van der Waals surface area contributed by atoms with Crippen molar-refractivity contribution in [2.75, 3.05) is 7.11 Å². The molecule has 0 bridgehead atoms. The molecule has 0 spiro atoms. The first kappa shape index (κ1) is 19.4. The van der Waals surface area contributed by atoms with Gasteiger partial charge in [0.2, 0.25) is 0 Å². The predicted octanol–water partition coefficient (Wildman–Crippen LogP) is 4.25. The van der Waals surface area contributed by atoms with Crippen LogP contribution in [0.5, 0.6) is 17.2 Å². The number of benzene rings is 1. The molecule has 6 nitrogen and oxygen atoms in total.